The van der Waals surface area contributed by atoms with Crippen molar-refractivity contribution in [2.24, 2.45) is 11.5 Å². The van der Waals surface area contributed by atoms with Crippen molar-refractivity contribution in [3.8, 4) is 69.0 Å². The van der Waals surface area contributed by atoms with Gasteiger partial charge in [-0.2, -0.15) is 0 Å². The van der Waals surface area contributed by atoms with E-state index in [4.69, 9.17) is 48.9 Å². The van der Waals surface area contributed by atoms with Gasteiger partial charge in [-0.25, -0.2) is 0 Å². The van der Waals surface area contributed by atoms with Crippen LogP contribution in [0.3, 0.4) is 0 Å². The van der Waals surface area contributed by atoms with Crippen molar-refractivity contribution < 1.29 is 83.5 Å². The predicted octanol–water partition coefficient (Wildman–Crippen LogP) is 4.34. The van der Waals surface area contributed by atoms with Crippen LogP contribution in [0.2, 0.25) is 10.0 Å². The Hall–Kier alpha value is -10.6. The van der Waals surface area contributed by atoms with Crippen LogP contribution >= 0.6 is 23.2 Å². The van der Waals surface area contributed by atoms with Gasteiger partial charge in [0, 0.05) is 25.1 Å². The van der Waals surface area contributed by atoms with E-state index in [0.29, 0.717) is 31.6 Å². The van der Waals surface area contributed by atoms with Gasteiger partial charge in [0.2, 0.25) is 47.1 Å². The molecule has 20 N–H and O–H groups in total. The van der Waals surface area contributed by atoms with Crippen LogP contribution in [0.1, 0.15) is 94.5 Å². The molecule has 0 saturated carbocycles. The van der Waals surface area contributed by atoms with Crippen molar-refractivity contribution in [3.05, 3.63) is 176 Å². The molecule has 13 bridgehead atoms. The maximum absolute atomic E-state index is 15.7. The van der Waals surface area contributed by atoms with Crippen LogP contribution in [-0.4, -0.2) is 128 Å². The number of benzene rings is 7. The molecule has 0 saturated heterocycles. The van der Waals surface area contributed by atoms with E-state index in [2.05, 4.69) is 47.9 Å². The number of rotatable bonds is 16. The number of aliphatic hydroxyl groups is 1. The van der Waals surface area contributed by atoms with Gasteiger partial charge in [0.15, 0.2) is 23.0 Å². The van der Waals surface area contributed by atoms with Crippen molar-refractivity contribution >= 4 is 64.6 Å². The number of amides is 7. The summed E-state index contributed by atoms with van der Waals surface area (Å²) in [7, 11) is 0. The largest absolute Gasteiger partial charge is 0.508 e. The first-order valence-electron chi connectivity index (χ1n) is 30.6. The number of fused-ring (bicyclic) bond motifs is 15. The lowest BCUT2D eigenvalue weighted by molar-refractivity contribution is -0.137. The van der Waals surface area contributed by atoms with Gasteiger partial charge >= 0.3 is 0 Å². The van der Waals surface area contributed by atoms with Crippen molar-refractivity contribution in [1.29, 1.82) is 0 Å². The average molecular weight is 1370 g/mol. The molecule has 0 radical (unpaired) electrons. The topological polar surface area (TPSA) is 449 Å². The molecule has 0 aliphatic carbocycles. The van der Waals surface area contributed by atoms with Crippen molar-refractivity contribution in [3.63, 3.8) is 0 Å². The number of aliphatic hydroxyl groups excluding tert-OH is 1. The third-order valence-corrected chi connectivity index (χ3v) is 16.6. The Morgan fingerprint density at radius 3 is 1.70 bits per heavy atom. The SMILES string of the molecule is NCCCNCCCNCCCNC(=O)C(NC(=O)C1NC(=O)C(c2ccc(O)cc2)NC(=O)C2NC(=O)C3NC(=O)C(Cc4ccc(c(Cl)c4)Oc4cc2cc(c4O)Oc2ccc(cc2Cl)C1O)NC(=O)C(N)c1ccc(O)c(c1)Oc1cc(O)cc3c1)c1cc(O)cc(O)c1. The Kier molecular flexibility index (Phi) is 22.0. The van der Waals surface area contributed by atoms with E-state index in [-0.39, 0.29) is 85.1 Å². The van der Waals surface area contributed by atoms with Crippen LogP contribution in [0.5, 0.6) is 69.0 Å². The molecule has 12 rings (SSSR count). The fraction of sp³-hybridized carbons (Fsp3) is 0.269. The Balaban J connectivity index is 1.07. The number of hydrogen-bond acceptors (Lipinski definition) is 21. The summed E-state index contributed by atoms with van der Waals surface area (Å²) in [5.74, 6) is -12.7. The van der Waals surface area contributed by atoms with Gasteiger partial charge < -0.3 is 109 Å². The highest BCUT2D eigenvalue weighted by Crippen LogP contribution is 2.47. The second-order valence-corrected chi connectivity index (χ2v) is 23.9. The molecular weight excluding hydrogens is 1300 g/mol. The minimum atomic E-state index is -2.15. The second kappa shape index (κ2) is 30.9. The highest BCUT2D eigenvalue weighted by molar-refractivity contribution is 6.32. The van der Waals surface area contributed by atoms with Crippen molar-refractivity contribution in [1.82, 2.24) is 47.9 Å². The first-order valence-corrected chi connectivity index (χ1v) is 31.4. The standard InChI is InChI=1S/C67H69Cl2N11O17/c68-44-20-32-4-12-48(44)96-51-28-38-29-52(60(51)87)97-49-13-8-35(26-45(49)69)59(86)58(67(94)78-55(36-22-40(82)30-41(83)23-36)63(90)74-19-3-18-73-17-2-16-72-15-1-14-70)80-64(91)54(33-5-9-39(81)10-6-33)77-66(93)57(38)79-65(92)56-37-24-42(84)31-43(25-37)95-50-27-34(7-11-47(50)85)53(71)62(89)75-46(21-32)61(88)76-56/h4-13,20,22-31,46,53-59,72-73,81-87H,1-3,14-19,21,70-71H2,(H,74,90)(H,75,89)(H,76,88)(H,77,93)(H,78,94)(H,79,92)(H,80,91). The summed E-state index contributed by atoms with van der Waals surface area (Å²) in [5.41, 5.74) is 11.6. The van der Waals surface area contributed by atoms with Gasteiger partial charge in [-0.3, -0.25) is 33.6 Å². The smallest absolute Gasteiger partial charge is 0.248 e. The van der Waals surface area contributed by atoms with Crippen LogP contribution in [0, 0.1) is 0 Å². The molecule has 8 unspecified atom stereocenters. The zero-order chi connectivity index (χ0) is 69.2. The van der Waals surface area contributed by atoms with E-state index < -0.39 is 130 Å². The van der Waals surface area contributed by atoms with E-state index in [1.807, 2.05) is 0 Å². The van der Waals surface area contributed by atoms with Crippen LogP contribution < -0.4 is 73.5 Å². The molecule has 0 spiro atoms. The van der Waals surface area contributed by atoms with E-state index in [1.54, 1.807) is 0 Å². The maximum Gasteiger partial charge on any atom is 0.248 e. The number of phenols is 6. The fourth-order valence-electron chi connectivity index (χ4n) is 11.0. The molecule has 7 amide bonds. The molecule has 5 aliphatic heterocycles. The molecule has 508 valence electrons. The highest BCUT2D eigenvalue weighted by Gasteiger charge is 2.40. The Labute approximate surface area is 563 Å². The lowest BCUT2D eigenvalue weighted by Gasteiger charge is -2.30. The molecule has 5 heterocycles. The summed E-state index contributed by atoms with van der Waals surface area (Å²) in [6.07, 6.45) is -0.355. The summed E-state index contributed by atoms with van der Waals surface area (Å²) >= 11 is 13.8. The van der Waals surface area contributed by atoms with E-state index in [9.17, 15) is 50.1 Å². The number of nitrogens with two attached hydrogens (primary N) is 2. The van der Waals surface area contributed by atoms with Gasteiger partial charge in [-0.15, -0.1) is 0 Å². The number of carbonyl (C=O) groups excluding carboxylic acids is 7. The summed E-state index contributed by atoms with van der Waals surface area (Å²) in [6, 6.07) is 12.2. The molecule has 7 aromatic rings. The lowest BCUT2D eigenvalue weighted by atomic mass is 9.97. The fourth-order valence-corrected chi connectivity index (χ4v) is 11.4. The molecule has 97 heavy (non-hydrogen) atoms. The van der Waals surface area contributed by atoms with Gasteiger partial charge in [0.25, 0.3) is 0 Å². The number of nitrogens with one attached hydrogen (secondary N) is 9. The third kappa shape index (κ3) is 16.9. The zero-order valence-corrected chi connectivity index (χ0v) is 52.9. The Bertz CT molecular complexity index is 4130. The van der Waals surface area contributed by atoms with Gasteiger partial charge in [-0.1, -0.05) is 53.5 Å². The van der Waals surface area contributed by atoms with Crippen LogP contribution in [0.15, 0.2) is 127 Å². The lowest BCUT2D eigenvalue weighted by Crippen LogP contribution is -2.55. The summed E-state index contributed by atoms with van der Waals surface area (Å²) in [6.45, 7) is 3.35. The first kappa shape index (κ1) is 69.2. The van der Waals surface area contributed by atoms with Gasteiger partial charge in [0.05, 0.1) is 10.0 Å². The minimum Gasteiger partial charge on any atom is -0.508 e. The molecule has 30 heteroatoms. The van der Waals surface area contributed by atoms with Crippen LogP contribution in [0.25, 0.3) is 0 Å². The molecule has 28 nitrogen and oxygen atoms in total. The first-order chi connectivity index (χ1) is 46.5. The minimum absolute atomic E-state index is 0.0684. The normalized spacial score (nSPS) is 19.7. The third-order valence-electron chi connectivity index (χ3n) is 16.0. The summed E-state index contributed by atoms with van der Waals surface area (Å²) in [4.78, 5) is 105. The number of carbonyl (C=O) groups is 7. The number of halogens is 2. The molecule has 0 aromatic heterocycles. The molecule has 5 aliphatic rings. The maximum atomic E-state index is 15.7. The highest BCUT2D eigenvalue weighted by atomic mass is 35.5. The summed E-state index contributed by atoms with van der Waals surface area (Å²) < 4.78 is 18.6. The summed E-state index contributed by atoms with van der Waals surface area (Å²) in [5, 5.41) is 103. The predicted molar refractivity (Wildman–Crippen MR) is 350 cm³/mol. The zero-order valence-electron chi connectivity index (χ0n) is 51.4. The van der Waals surface area contributed by atoms with E-state index in [0.717, 1.165) is 86.6 Å². The number of phenolic OH excluding ortho intramolecular Hbond substituents is 6. The molecular formula is C67H69Cl2N11O17. The van der Waals surface area contributed by atoms with Crippen molar-refractivity contribution in [2.75, 3.05) is 39.3 Å². The molecule has 7 aromatic carbocycles. The number of ether oxygens (including phenoxy) is 3. The number of hydrogen-bond donors (Lipinski definition) is 18. The quantitative estimate of drug-likeness (QED) is 0.0598. The monoisotopic (exact) mass is 1370 g/mol. The van der Waals surface area contributed by atoms with E-state index >= 15 is 19.2 Å². The molecule has 8 atom stereocenters. The van der Waals surface area contributed by atoms with Gasteiger partial charge in [0.1, 0.15) is 88.6 Å². The van der Waals surface area contributed by atoms with Crippen LogP contribution in [-0.2, 0) is 40.0 Å². The van der Waals surface area contributed by atoms with Crippen LogP contribution in [0.4, 0.5) is 0 Å². The Morgan fingerprint density at radius 2 is 1.06 bits per heavy atom. The number of aromatic hydroxyl groups is 6. The molecule has 0 fully saturated rings. The average Bonchev–Trinajstić information content (AvgIpc) is 0.805. The Morgan fingerprint density at radius 1 is 0.515 bits per heavy atom. The second-order valence-electron chi connectivity index (χ2n) is 23.1. The van der Waals surface area contributed by atoms with Gasteiger partial charge in [-0.05, 0) is 176 Å². The van der Waals surface area contributed by atoms with Crippen molar-refractivity contribution in [2.45, 2.75) is 74.1 Å². The van der Waals surface area contributed by atoms with E-state index in [1.165, 1.54) is 66.7 Å².